The van der Waals surface area contributed by atoms with Crippen molar-refractivity contribution >= 4 is 24.4 Å². The number of nitrogens with two attached hydrogens (primary N) is 1. The molecule has 0 amide bonds. The second kappa shape index (κ2) is 14.4. The molecule has 214 valence electrons. The van der Waals surface area contributed by atoms with Crippen LogP contribution in [0.2, 0.25) is 0 Å². The number of aliphatic carboxylic acids is 1. The molecule has 0 aromatic heterocycles. The molecule has 1 aromatic rings. The van der Waals surface area contributed by atoms with Crippen molar-refractivity contribution in [1.29, 1.82) is 0 Å². The van der Waals surface area contributed by atoms with Gasteiger partial charge in [-0.1, -0.05) is 33.8 Å². The molecule has 12 nitrogen and oxygen atoms in total. The number of hydrogen-bond donors (Lipinski definition) is 2. The molecule has 0 saturated carbocycles. The van der Waals surface area contributed by atoms with Crippen molar-refractivity contribution in [2.45, 2.75) is 85.2 Å². The first-order chi connectivity index (χ1) is 17.6. The van der Waals surface area contributed by atoms with E-state index >= 15 is 0 Å². The van der Waals surface area contributed by atoms with Gasteiger partial charge in [-0.25, -0.2) is 14.4 Å². The minimum atomic E-state index is -1.87. The Balaban J connectivity index is 3.26. The van der Waals surface area contributed by atoms with Gasteiger partial charge in [0.2, 0.25) is 0 Å². The van der Waals surface area contributed by atoms with Crippen LogP contribution >= 0.6 is 0 Å². The van der Waals surface area contributed by atoms with Crippen LogP contribution in [0.5, 0.6) is 11.5 Å². The third-order valence-electron chi connectivity index (χ3n) is 5.90. The van der Waals surface area contributed by atoms with Crippen molar-refractivity contribution in [1.82, 2.24) is 0 Å². The Morgan fingerprint density at radius 2 is 1.32 bits per heavy atom. The zero-order chi connectivity index (χ0) is 29.2. The highest BCUT2D eigenvalue weighted by atomic mass is 16.8. The van der Waals surface area contributed by atoms with Crippen molar-refractivity contribution in [2.24, 2.45) is 17.6 Å². The Bertz CT molecular complexity index is 978. The quantitative estimate of drug-likeness (QED) is 0.213. The number of carbonyl (C=O) groups is 4. The van der Waals surface area contributed by atoms with Gasteiger partial charge in [0.25, 0.3) is 0 Å². The maximum absolute atomic E-state index is 12.4. The van der Waals surface area contributed by atoms with Crippen molar-refractivity contribution in [3.63, 3.8) is 0 Å². The fourth-order valence-corrected chi connectivity index (χ4v) is 3.00. The minimum absolute atomic E-state index is 0.0136. The molecule has 0 saturated heterocycles. The summed E-state index contributed by atoms with van der Waals surface area (Å²) in [6.07, 6.45) is -5.33. The van der Waals surface area contributed by atoms with Crippen LogP contribution in [0.4, 0.5) is 14.4 Å². The summed E-state index contributed by atoms with van der Waals surface area (Å²) >= 11 is 0. The van der Waals surface area contributed by atoms with E-state index in [-0.39, 0.29) is 36.2 Å². The van der Waals surface area contributed by atoms with Gasteiger partial charge in [0.1, 0.15) is 23.9 Å². The lowest BCUT2D eigenvalue weighted by molar-refractivity contribution is -0.144. The Morgan fingerprint density at radius 3 is 1.76 bits per heavy atom. The molecule has 1 rings (SSSR count). The summed E-state index contributed by atoms with van der Waals surface area (Å²) in [7, 11) is 1.12. The molecular weight excluding hydrogens is 502 g/mol. The summed E-state index contributed by atoms with van der Waals surface area (Å²) in [6, 6.07) is 4.09. The summed E-state index contributed by atoms with van der Waals surface area (Å²) < 4.78 is 30.4. The highest BCUT2D eigenvalue weighted by Crippen LogP contribution is 2.32. The van der Waals surface area contributed by atoms with Gasteiger partial charge in [0, 0.05) is 12.8 Å². The van der Waals surface area contributed by atoms with E-state index in [9.17, 15) is 24.3 Å². The molecule has 4 atom stereocenters. The Hall–Kier alpha value is -3.54. The van der Waals surface area contributed by atoms with Crippen molar-refractivity contribution in [2.75, 3.05) is 7.11 Å². The smallest absolute Gasteiger partial charge is 0.480 e. The van der Waals surface area contributed by atoms with Crippen molar-refractivity contribution in [3.05, 3.63) is 23.8 Å². The van der Waals surface area contributed by atoms with Crippen LogP contribution < -0.4 is 15.2 Å². The summed E-state index contributed by atoms with van der Waals surface area (Å²) in [4.78, 5) is 48.2. The third kappa shape index (κ3) is 10.4. The lowest BCUT2D eigenvalue weighted by atomic mass is 9.86. The van der Waals surface area contributed by atoms with Gasteiger partial charge < -0.3 is 39.3 Å². The lowest BCUT2D eigenvalue weighted by Gasteiger charge is -2.28. The number of carboxylic acids is 1. The summed E-state index contributed by atoms with van der Waals surface area (Å²) in [5.74, 6) is -1.66. The molecule has 3 N–H and O–H groups in total. The van der Waals surface area contributed by atoms with Crippen LogP contribution in [0.3, 0.4) is 0 Å². The third-order valence-corrected chi connectivity index (χ3v) is 5.90. The molecule has 3 unspecified atom stereocenters. The number of carboxylic acid groups (broad SMARTS) is 1. The number of benzene rings is 1. The molecule has 0 fully saturated rings. The Labute approximate surface area is 222 Å². The molecule has 0 aliphatic carbocycles. The van der Waals surface area contributed by atoms with Gasteiger partial charge in [-0.05, 0) is 50.3 Å². The normalized spacial score (nSPS) is 15.0. The van der Waals surface area contributed by atoms with E-state index in [1.165, 1.54) is 25.1 Å². The Morgan fingerprint density at radius 1 is 0.816 bits per heavy atom. The fourth-order valence-electron chi connectivity index (χ4n) is 3.00. The topological polar surface area (TPSA) is 170 Å². The van der Waals surface area contributed by atoms with Crippen LogP contribution in [0, 0.1) is 11.8 Å². The minimum Gasteiger partial charge on any atom is -0.480 e. The fraction of sp³-hybridized carbons (Fsp3) is 0.615. The van der Waals surface area contributed by atoms with Gasteiger partial charge in [-0.2, -0.15) is 0 Å². The number of carbonyl (C=O) groups excluding carboxylic acids is 3. The predicted octanol–water partition coefficient (Wildman–Crippen LogP) is 4.69. The number of hydrogen-bond acceptors (Lipinski definition) is 11. The maximum atomic E-state index is 12.4. The summed E-state index contributed by atoms with van der Waals surface area (Å²) in [5.41, 5.74) is 4.63. The van der Waals surface area contributed by atoms with Gasteiger partial charge in [-0.15, -0.1) is 0 Å². The van der Waals surface area contributed by atoms with Crippen LogP contribution in [0.15, 0.2) is 18.2 Å². The summed E-state index contributed by atoms with van der Waals surface area (Å²) in [5, 5.41) is 9.81. The molecule has 0 radical (unpaired) electrons. The number of ether oxygens (including phenoxy) is 6. The SMILES string of the molecule is COC(=O)O[C@@H](C)CC(N)(Cc1ccc(OC(=O)OC(C)C(C)C)c(OC(=O)OC(C)C(C)C)c1)C(=O)O. The van der Waals surface area contributed by atoms with Crippen molar-refractivity contribution in [3.8, 4) is 11.5 Å². The standard InChI is InChI=1S/C26H39NO11/c1-14(2)17(6)35-24(31)37-20-10-9-19(11-21(20)38-25(32)36-18(7)15(3)4)13-26(27,22(28)29)12-16(5)34-23(30)33-8/h9-11,14-18H,12-13,27H2,1-8H3,(H,28,29)/t16-,17?,18?,26?/m0/s1. The van der Waals surface area contributed by atoms with Crippen LogP contribution in [0.1, 0.15) is 60.5 Å². The van der Waals surface area contributed by atoms with Crippen LogP contribution in [-0.4, -0.2) is 60.5 Å². The lowest BCUT2D eigenvalue weighted by Crippen LogP contribution is -2.52. The van der Waals surface area contributed by atoms with E-state index in [2.05, 4.69) is 4.74 Å². The van der Waals surface area contributed by atoms with E-state index in [4.69, 9.17) is 29.4 Å². The zero-order valence-electron chi connectivity index (χ0n) is 23.1. The first-order valence-electron chi connectivity index (χ1n) is 12.2. The first-order valence-corrected chi connectivity index (χ1v) is 12.2. The highest BCUT2D eigenvalue weighted by Gasteiger charge is 2.37. The summed E-state index contributed by atoms with van der Waals surface area (Å²) in [6.45, 7) is 12.3. The molecule has 1 aromatic carbocycles. The van der Waals surface area contributed by atoms with Gasteiger partial charge in [-0.3, -0.25) is 4.79 Å². The van der Waals surface area contributed by atoms with Crippen LogP contribution in [-0.2, 0) is 30.2 Å². The number of methoxy groups -OCH3 is 1. The molecule has 0 heterocycles. The average Bonchev–Trinajstić information content (AvgIpc) is 2.79. The second-order valence-electron chi connectivity index (χ2n) is 9.84. The van der Waals surface area contributed by atoms with E-state index in [1.54, 1.807) is 13.8 Å². The predicted molar refractivity (Wildman–Crippen MR) is 135 cm³/mol. The van der Waals surface area contributed by atoms with E-state index in [1.807, 2.05) is 27.7 Å². The zero-order valence-corrected chi connectivity index (χ0v) is 23.1. The monoisotopic (exact) mass is 541 g/mol. The first kappa shape index (κ1) is 32.5. The Kier molecular flexibility index (Phi) is 12.3. The highest BCUT2D eigenvalue weighted by molar-refractivity contribution is 5.79. The van der Waals surface area contributed by atoms with E-state index in [0.29, 0.717) is 5.56 Å². The van der Waals surface area contributed by atoms with Gasteiger partial charge in [0.05, 0.1) is 7.11 Å². The van der Waals surface area contributed by atoms with E-state index in [0.717, 1.165) is 7.11 Å². The average molecular weight is 542 g/mol. The maximum Gasteiger partial charge on any atom is 0.514 e. The molecule has 0 aliphatic heterocycles. The molecule has 0 bridgehead atoms. The van der Waals surface area contributed by atoms with E-state index < -0.39 is 48.3 Å². The number of rotatable bonds is 12. The molecular formula is C26H39NO11. The van der Waals surface area contributed by atoms with Gasteiger partial charge in [0.15, 0.2) is 11.5 Å². The van der Waals surface area contributed by atoms with Gasteiger partial charge >= 0.3 is 24.4 Å². The largest absolute Gasteiger partial charge is 0.514 e. The molecule has 0 spiro atoms. The van der Waals surface area contributed by atoms with Crippen LogP contribution in [0.25, 0.3) is 0 Å². The molecule has 38 heavy (non-hydrogen) atoms. The molecule has 0 aliphatic rings. The second-order valence-corrected chi connectivity index (χ2v) is 9.84. The van der Waals surface area contributed by atoms with Crippen molar-refractivity contribution < 1.29 is 52.7 Å². The molecule has 12 heteroatoms.